The molecule has 2 aromatic rings. The minimum absolute atomic E-state index is 0.0453. The van der Waals surface area contributed by atoms with Crippen molar-refractivity contribution in [1.82, 2.24) is 0 Å². The van der Waals surface area contributed by atoms with Crippen LogP contribution in [0.5, 0.6) is 0 Å². The molecule has 3 atom stereocenters. The summed E-state index contributed by atoms with van der Waals surface area (Å²) in [6.07, 6.45) is 3.83. The zero-order valence-electron chi connectivity index (χ0n) is 28.2. The van der Waals surface area contributed by atoms with Crippen molar-refractivity contribution in [3.8, 4) is 0 Å². The van der Waals surface area contributed by atoms with E-state index in [1.54, 1.807) is 39.0 Å². The fourth-order valence-electron chi connectivity index (χ4n) is 8.41. The lowest BCUT2D eigenvalue weighted by Crippen LogP contribution is -2.43. The van der Waals surface area contributed by atoms with Gasteiger partial charge in [0.15, 0.2) is 0 Å². The molecule has 0 aliphatic heterocycles. The first-order valence-electron chi connectivity index (χ1n) is 15.8. The first kappa shape index (κ1) is 30.8. The van der Waals surface area contributed by atoms with Crippen LogP contribution < -0.4 is 0 Å². The van der Waals surface area contributed by atoms with Gasteiger partial charge in [-0.3, -0.25) is 0 Å². The smallest absolute Gasteiger partial charge is 0.0698 e. The molecule has 0 aromatic heterocycles. The van der Waals surface area contributed by atoms with E-state index in [9.17, 15) is 0 Å². The quantitative estimate of drug-likeness (QED) is 0.313. The third kappa shape index (κ3) is 4.95. The van der Waals surface area contributed by atoms with E-state index in [4.69, 9.17) is 0 Å². The SMILES string of the molecule is CCC[Si](C)(C1=C(C)C(C)=C(C)C1C)C1C(c2ccc(C(C)(C)C)c(C(C)C)c2C(C)(C)C)=Cc2ccccc21. The molecule has 0 spiro atoms. The maximum absolute atomic E-state index is 2.74. The normalized spacial score (nSPS) is 21.3. The highest BCUT2D eigenvalue weighted by atomic mass is 28.3. The van der Waals surface area contributed by atoms with Gasteiger partial charge in [0.05, 0.1) is 8.07 Å². The molecule has 2 aliphatic carbocycles. The lowest BCUT2D eigenvalue weighted by molar-refractivity contribution is 0.545. The van der Waals surface area contributed by atoms with Crippen molar-refractivity contribution in [2.75, 3.05) is 0 Å². The molecule has 216 valence electrons. The van der Waals surface area contributed by atoms with Crippen molar-refractivity contribution in [3.05, 3.63) is 91.7 Å². The van der Waals surface area contributed by atoms with Gasteiger partial charge in [-0.05, 0) is 88.0 Å². The second-order valence-electron chi connectivity index (χ2n) is 15.5. The highest BCUT2D eigenvalue weighted by molar-refractivity contribution is 6.88. The number of fused-ring (bicyclic) bond motifs is 1. The van der Waals surface area contributed by atoms with Crippen LogP contribution in [-0.2, 0) is 10.8 Å². The Balaban J connectivity index is 2.09. The van der Waals surface area contributed by atoms with Gasteiger partial charge in [0, 0.05) is 5.54 Å². The highest BCUT2D eigenvalue weighted by Crippen LogP contribution is 2.56. The topological polar surface area (TPSA) is 0 Å². The molecule has 0 heterocycles. The van der Waals surface area contributed by atoms with Gasteiger partial charge in [-0.15, -0.1) is 0 Å². The predicted octanol–water partition coefficient (Wildman–Crippen LogP) is 11.9. The van der Waals surface area contributed by atoms with Gasteiger partial charge in [-0.25, -0.2) is 0 Å². The van der Waals surface area contributed by atoms with Crippen LogP contribution in [0.15, 0.2) is 58.3 Å². The Kier molecular flexibility index (Phi) is 8.18. The van der Waals surface area contributed by atoms with E-state index in [1.165, 1.54) is 29.2 Å². The molecular weight excluding hydrogens is 497 g/mol. The van der Waals surface area contributed by atoms with Gasteiger partial charge in [0.25, 0.3) is 0 Å². The van der Waals surface area contributed by atoms with Crippen LogP contribution in [0.1, 0.15) is 141 Å². The van der Waals surface area contributed by atoms with Crippen LogP contribution in [-0.4, -0.2) is 8.07 Å². The van der Waals surface area contributed by atoms with E-state index in [0.29, 0.717) is 17.4 Å². The Bertz CT molecular complexity index is 1400. The first-order valence-corrected chi connectivity index (χ1v) is 18.6. The van der Waals surface area contributed by atoms with E-state index in [0.717, 1.165) is 0 Å². The van der Waals surface area contributed by atoms with Crippen molar-refractivity contribution >= 4 is 19.7 Å². The molecule has 0 nitrogen and oxygen atoms in total. The molecule has 0 amide bonds. The van der Waals surface area contributed by atoms with Crippen molar-refractivity contribution in [3.63, 3.8) is 0 Å². The second-order valence-corrected chi connectivity index (χ2v) is 20.0. The van der Waals surface area contributed by atoms with Gasteiger partial charge in [-0.2, -0.15) is 0 Å². The molecule has 2 aromatic carbocycles. The van der Waals surface area contributed by atoms with Crippen LogP contribution in [0.4, 0.5) is 0 Å². The van der Waals surface area contributed by atoms with E-state index in [2.05, 4.69) is 139 Å². The third-order valence-electron chi connectivity index (χ3n) is 10.3. The molecule has 4 rings (SSSR count). The molecule has 0 bridgehead atoms. The molecular formula is C39H56Si. The average Bonchev–Trinajstić information content (AvgIpc) is 3.34. The molecule has 40 heavy (non-hydrogen) atoms. The van der Waals surface area contributed by atoms with Crippen LogP contribution in [0.25, 0.3) is 11.6 Å². The van der Waals surface area contributed by atoms with E-state index >= 15 is 0 Å². The summed E-state index contributed by atoms with van der Waals surface area (Å²) in [6, 6.07) is 15.7. The maximum atomic E-state index is 2.74. The molecule has 3 unspecified atom stereocenters. The molecule has 2 aliphatic rings. The maximum Gasteiger partial charge on any atom is 0.0918 e. The summed E-state index contributed by atoms with van der Waals surface area (Å²) in [7, 11) is -2.00. The monoisotopic (exact) mass is 552 g/mol. The fourth-order valence-corrected chi connectivity index (χ4v) is 14.4. The summed E-state index contributed by atoms with van der Waals surface area (Å²) in [5.41, 5.74) is 16.1. The van der Waals surface area contributed by atoms with Crippen LogP contribution in [0.3, 0.4) is 0 Å². The first-order chi connectivity index (χ1) is 18.5. The van der Waals surface area contributed by atoms with Crippen LogP contribution in [0.2, 0.25) is 12.6 Å². The van der Waals surface area contributed by atoms with Gasteiger partial charge in [-0.1, -0.05) is 147 Å². The standard InChI is InChI=1S/C39H56Si/c1-15-22-40(14,36-27(6)25(4)26(5)28(36)7)37-30-19-17-16-18-29(30)23-32(37)31-20-21-33(38(8,9)10)34(24(2)3)35(31)39(11,12)13/h16-21,23-24,27,37H,15,22H2,1-14H3. The summed E-state index contributed by atoms with van der Waals surface area (Å²) in [6.45, 7) is 34.1. The minimum atomic E-state index is -2.00. The zero-order chi connectivity index (χ0) is 29.9. The zero-order valence-corrected chi connectivity index (χ0v) is 29.2. The van der Waals surface area contributed by atoms with E-state index < -0.39 is 8.07 Å². The Hall–Kier alpha value is -2.12. The van der Waals surface area contributed by atoms with E-state index in [-0.39, 0.29) is 10.8 Å². The van der Waals surface area contributed by atoms with Crippen molar-refractivity contribution in [1.29, 1.82) is 0 Å². The van der Waals surface area contributed by atoms with E-state index in [1.807, 2.05) is 5.20 Å². The molecule has 0 radical (unpaired) electrons. The number of allylic oxidation sites excluding steroid dienone is 5. The number of hydrogen-bond donors (Lipinski definition) is 0. The minimum Gasteiger partial charge on any atom is -0.0698 e. The Morgan fingerprint density at radius 1 is 0.850 bits per heavy atom. The molecule has 0 saturated carbocycles. The Morgan fingerprint density at radius 3 is 1.98 bits per heavy atom. The van der Waals surface area contributed by atoms with Crippen molar-refractivity contribution in [2.45, 2.75) is 131 Å². The predicted molar refractivity (Wildman–Crippen MR) is 182 cm³/mol. The summed E-state index contributed by atoms with van der Waals surface area (Å²) in [4.78, 5) is 0. The lowest BCUT2D eigenvalue weighted by atomic mass is 9.70. The van der Waals surface area contributed by atoms with Gasteiger partial charge < -0.3 is 0 Å². The highest BCUT2D eigenvalue weighted by Gasteiger charge is 2.49. The van der Waals surface area contributed by atoms with Gasteiger partial charge in [0.1, 0.15) is 0 Å². The Labute approximate surface area is 248 Å². The molecule has 0 fully saturated rings. The fraction of sp³-hybridized carbons (Fsp3) is 0.538. The van der Waals surface area contributed by atoms with Crippen LogP contribution in [0, 0.1) is 5.92 Å². The van der Waals surface area contributed by atoms with Gasteiger partial charge in [0.2, 0.25) is 0 Å². The summed E-state index contributed by atoms with van der Waals surface area (Å²) in [5.74, 6) is 1.02. The molecule has 1 heteroatoms. The van der Waals surface area contributed by atoms with Crippen molar-refractivity contribution < 1.29 is 0 Å². The molecule has 0 N–H and O–H groups in total. The van der Waals surface area contributed by atoms with Gasteiger partial charge >= 0.3 is 0 Å². The van der Waals surface area contributed by atoms with Crippen molar-refractivity contribution in [2.24, 2.45) is 5.92 Å². The third-order valence-corrected chi connectivity index (χ3v) is 15.8. The summed E-state index contributed by atoms with van der Waals surface area (Å²) >= 11 is 0. The summed E-state index contributed by atoms with van der Waals surface area (Å²) in [5, 5.41) is 1.81. The van der Waals surface area contributed by atoms with Crippen LogP contribution >= 0.6 is 0 Å². The average molecular weight is 553 g/mol. The lowest BCUT2D eigenvalue weighted by Gasteiger charge is -2.42. The molecule has 0 saturated heterocycles. The number of rotatable bonds is 6. The second kappa shape index (κ2) is 10.6. The largest absolute Gasteiger partial charge is 0.0918 e. The Morgan fingerprint density at radius 2 is 1.48 bits per heavy atom. The number of hydrogen-bond acceptors (Lipinski definition) is 0. The summed E-state index contributed by atoms with van der Waals surface area (Å²) < 4.78 is 0. The number of benzene rings is 2.